The minimum Gasteiger partial charge on any atom is -0.378 e. The van der Waals surface area contributed by atoms with Crippen LogP contribution in [0, 0.1) is 11.3 Å². The van der Waals surface area contributed by atoms with Gasteiger partial charge in [0.15, 0.2) is 0 Å². The lowest BCUT2D eigenvalue weighted by Gasteiger charge is -2.21. The zero-order chi connectivity index (χ0) is 16.8. The van der Waals surface area contributed by atoms with E-state index in [0.717, 1.165) is 11.3 Å². The molecule has 0 spiro atoms. The van der Waals surface area contributed by atoms with Crippen LogP contribution in [0.4, 0.5) is 5.69 Å². The van der Waals surface area contributed by atoms with Crippen molar-refractivity contribution >= 4 is 11.6 Å². The van der Waals surface area contributed by atoms with Crippen LogP contribution >= 0.6 is 0 Å². The second-order valence-electron chi connectivity index (χ2n) is 5.57. The molecule has 0 saturated carbocycles. The maximum absolute atomic E-state index is 12.6. The number of anilines is 1. The first-order valence-corrected chi connectivity index (χ1v) is 7.61. The number of amides is 1. The molecule has 0 radical (unpaired) electrons. The molecule has 0 bridgehead atoms. The van der Waals surface area contributed by atoms with Gasteiger partial charge in [-0.25, -0.2) is 0 Å². The fourth-order valence-electron chi connectivity index (χ4n) is 2.32. The lowest BCUT2D eigenvalue weighted by atomic mass is 10.1. The van der Waals surface area contributed by atoms with E-state index in [0.29, 0.717) is 24.2 Å². The largest absolute Gasteiger partial charge is 0.378 e. The molecule has 4 heteroatoms. The lowest BCUT2D eigenvalue weighted by Crippen LogP contribution is -2.30. The smallest absolute Gasteiger partial charge is 0.254 e. The van der Waals surface area contributed by atoms with E-state index in [4.69, 9.17) is 5.26 Å². The van der Waals surface area contributed by atoms with Crippen LogP contribution < -0.4 is 4.90 Å². The molecule has 4 nitrogen and oxygen atoms in total. The number of nitriles is 1. The third-order valence-corrected chi connectivity index (χ3v) is 3.76. The van der Waals surface area contributed by atoms with Crippen molar-refractivity contribution in [3.8, 4) is 6.07 Å². The Morgan fingerprint density at radius 3 is 2.13 bits per heavy atom. The SMILES string of the molecule is CCN(Cc1ccc(N(C)C)cc1)C(=O)c1ccc(C#N)cc1. The van der Waals surface area contributed by atoms with Gasteiger partial charge in [-0.2, -0.15) is 5.26 Å². The summed E-state index contributed by atoms with van der Waals surface area (Å²) in [5.41, 5.74) is 3.40. The third-order valence-electron chi connectivity index (χ3n) is 3.76. The maximum atomic E-state index is 12.6. The highest BCUT2D eigenvalue weighted by molar-refractivity contribution is 5.94. The van der Waals surface area contributed by atoms with Gasteiger partial charge in [-0.15, -0.1) is 0 Å². The normalized spacial score (nSPS) is 10.0. The Kier molecular flexibility index (Phi) is 5.37. The van der Waals surface area contributed by atoms with Crippen LogP contribution in [-0.2, 0) is 6.54 Å². The molecule has 2 rings (SSSR count). The monoisotopic (exact) mass is 307 g/mol. The average molecular weight is 307 g/mol. The van der Waals surface area contributed by atoms with Crippen LogP contribution in [0.5, 0.6) is 0 Å². The molecule has 0 N–H and O–H groups in total. The number of benzene rings is 2. The summed E-state index contributed by atoms with van der Waals surface area (Å²) in [6.45, 7) is 3.17. The van der Waals surface area contributed by atoms with Gasteiger partial charge in [0.25, 0.3) is 5.91 Å². The summed E-state index contributed by atoms with van der Waals surface area (Å²) in [5, 5.41) is 8.83. The molecule has 0 saturated heterocycles. The number of carbonyl (C=O) groups is 1. The zero-order valence-electron chi connectivity index (χ0n) is 13.8. The Morgan fingerprint density at radius 2 is 1.65 bits per heavy atom. The predicted octanol–water partition coefficient (Wildman–Crippen LogP) is 3.29. The van der Waals surface area contributed by atoms with Crippen molar-refractivity contribution in [3.63, 3.8) is 0 Å². The summed E-state index contributed by atoms with van der Waals surface area (Å²) in [6, 6.07) is 17.0. The fourth-order valence-corrected chi connectivity index (χ4v) is 2.32. The molecule has 0 heterocycles. The number of rotatable bonds is 5. The minimum atomic E-state index is -0.0197. The van der Waals surface area contributed by atoms with Crippen LogP contribution in [0.3, 0.4) is 0 Å². The van der Waals surface area contributed by atoms with Gasteiger partial charge in [-0.05, 0) is 48.9 Å². The first kappa shape index (κ1) is 16.6. The zero-order valence-corrected chi connectivity index (χ0v) is 13.8. The molecule has 0 aliphatic heterocycles. The van der Waals surface area contributed by atoms with Gasteiger partial charge in [0.1, 0.15) is 0 Å². The van der Waals surface area contributed by atoms with E-state index in [1.54, 1.807) is 29.2 Å². The van der Waals surface area contributed by atoms with Crippen LogP contribution in [0.1, 0.15) is 28.4 Å². The fraction of sp³-hybridized carbons (Fsp3) is 0.263. The van der Waals surface area contributed by atoms with E-state index in [1.807, 2.05) is 38.1 Å². The van der Waals surface area contributed by atoms with E-state index >= 15 is 0 Å². The molecule has 23 heavy (non-hydrogen) atoms. The predicted molar refractivity (Wildman–Crippen MR) is 92.3 cm³/mol. The van der Waals surface area contributed by atoms with Crippen molar-refractivity contribution in [3.05, 3.63) is 65.2 Å². The molecule has 0 aromatic heterocycles. The molecule has 0 fully saturated rings. The van der Waals surface area contributed by atoms with Gasteiger partial charge in [0, 0.05) is 38.4 Å². The molecule has 118 valence electrons. The lowest BCUT2D eigenvalue weighted by molar-refractivity contribution is 0.0752. The molecule has 2 aromatic rings. The standard InChI is InChI=1S/C19H21N3O/c1-4-22(14-16-7-11-18(12-8-16)21(2)3)19(23)17-9-5-15(13-20)6-10-17/h5-12H,4,14H2,1-3H3. The summed E-state index contributed by atoms with van der Waals surface area (Å²) >= 11 is 0. The van der Waals surface area contributed by atoms with E-state index in [9.17, 15) is 4.79 Å². The van der Waals surface area contributed by atoms with Crippen LogP contribution in [0.15, 0.2) is 48.5 Å². The van der Waals surface area contributed by atoms with Crippen LogP contribution in [-0.4, -0.2) is 31.4 Å². The van der Waals surface area contributed by atoms with E-state index in [-0.39, 0.29) is 5.91 Å². The number of nitrogens with zero attached hydrogens (tertiary/aromatic N) is 3. The maximum Gasteiger partial charge on any atom is 0.254 e. The Balaban J connectivity index is 2.12. The summed E-state index contributed by atoms with van der Waals surface area (Å²) in [6.07, 6.45) is 0. The Hall–Kier alpha value is -2.80. The average Bonchev–Trinajstić information content (AvgIpc) is 2.59. The summed E-state index contributed by atoms with van der Waals surface area (Å²) < 4.78 is 0. The Labute approximate surface area is 137 Å². The second kappa shape index (κ2) is 7.46. The molecular formula is C19H21N3O. The Morgan fingerprint density at radius 1 is 1.04 bits per heavy atom. The van der Waals surface area contributed by atoms with Gasteiger partial charge in [-0.3, -0.25) is 4.79 Å². The number of hydrogen-bond acceptors (Lipinski definition) is 3. The summed E-state index contributed by atoms with van der Waals surface area (Å²) in [4.78, 5) is 16.4. The van der Waals surface area contributed by atoms with Crippen molar-refractivity contribution in [1.29, 1.82) is 5.26 Å². The molecule has 2 aromatic carbocycles. The third kappa shape index (κ3) is 4.10. The van der Waals surface area contributed by atoms with E-state index in [2.05, 4.69) is 18.2 Å². The van der Waals surface area contributed by atoms with Crippen LogP contribution in [0.2, 0.25) is 0 Å². The van der Waals surface area contributed by atoms with Gasteiger partial charge in [-0.1, -0.05) is 12.1 Å². The molecule has 0 aliphatic rings. The Bertz CT molecular complexity index is 697. The first-order chi connectivity index (χ1) is 11.0. The first-order valence-electron chi connectivity index (χ1n) is 7.61. The van der Waals surface area contributed by atoms with E-state index < -0.39 is 0 Å². The quantitative estimate of drug-likeness (QED) is 0.851. The number of hydrogen-bond donors (Lipinski definition) is 0. The molecule has 1 amide bonds. The molecule has 0 unspecified atom stereocenters. The van der Waals surface area contributed by atoms with Crippen LogP contribution in [0.25, 0.3) is 0 Å². The highest BCUT2D eigenvalue weighted by Gasteiger charge is 2.14. The molecule has 0 aliphatic carbocycles. The molecule has 0 atom stereocenters. The second-order valence-corrected chi connectivity index (χ2v) is 5.57. The summed E-state index contributed by atoms with van der Waals surface area (Å²) in [5.74, 6) is -0.0197. The van der Waals surface area contributed by atoms with Gasteiger partial charge < -0.3 is 9.80 Å². The summed E-state index contributed by atoms with van der Waals surface area (Å²) in [7, 11) is 4.00. The van der Waals surface area contributed by atoms with Crippen molar-refractivity contribution in [2.75, 3.05) is 25.5 Å². The van der Waals surface area contributed by atoms with Gasteiger partial charge in [0.05, 0.1) is 11.6 Å². The van der Waals surface area contributed by atoms with Crippen molar-refractivity contribution in [2.24, 2.45) is 0 Å². The number of carbonyl (C=O) groups excluding carboxylic acids is 1. The van der Waals surface area contributed by atoms with E-state index in [1.165, 1.54) is 0 Å². The van der Waals surface area contributed by atoms with Gasteiger partial charge >= 0.3 is 0 Å². The van der Waals surface area contributed by atoms with Gasteiger partial charge in [0.2, 0.25) is 0 Å². The topological polar surface area (TPSA) is 47.3 Å². The van der Waals surface area contributed by atoms with Crippen molar-refractivity contribution < 1.29 is 4.79 Å². The molecular weight excluding hydrogens is 286 g/mol. The minimum absolute atomic E-state index is 0.0197. The van der Waals surface area contributed by atoms with Crippen molar-refractivity contribution in [1.82, 2.24) is 4.90 Å². The van der Waals surface area contributed by atoms with Crippen molar-refractivity contribution in [2.45, 2.75) is 13.5 Å². The highest BCUT2D eigenvalue weighted by Crippen LogP contribution is 2.15. The highest BCUT2D eigenvalue weighted by atomic mass is 16.2.